The summed E-state index contributed by atoms with van der Waals surface area (Å²) in [5.41, 5.74) is 1.41. The number of rotatable bonds is 7. The van der Waals surface area contributed by atoms with Crippen molar-refractivity contribution in [2.24, 2.45) is 5.92 Å². The van der Waals surface area contributed by atoms with Gasteiger partial charge in [0.15, 0.2) is 5.13 Å². The molecule has 2 heterocycles. The van der Waals surface area contributed by atoms with Gasteiger partial charge in [-0.2, -0.15) is 0 Å². The molecule has 4 heteroatoms. The molecule has 0 radical (unpaired) electrons. The zero-order valence-electron chi connectivity index (χ0n) is 12.8. The van der Waals surface area contributed by atoms with Crippen molar-refractivity contribution in [3.05, 3.63) is 10.6 Å². The van der Waals surface area contributed by atoms with E-state index in [-0.39, 0.29) is 0 Å². The van der Waals surface area contributed by atoms with Crippen molar-refractivity contribution in [3.63, 3.8) is 0 Å². The van der Waals surface area contributed by atoms with E-state index in [1.54, 1.807) is 0 Å². The fraction of sp³-hybridized carbons (Fsp3) is 0.812. The van der Waals surface area contributed by atoms with Crippen LogP contribution in [0.3, 0.4) is 0 Å². The summed E-state index contributed by atoms with van der Waals surface area (Å²) < 4.78 is 0. The highest BCUT2D eigenvalue weighted by atomic mass is 32.1. The highest BCUT2D eigenvalue weighted by molar-refractivity contribution is 7.15. The summed E-state index contributed by atoms with van der Waals surface area (Å²) in [4.78, 5) is 9.03. The van der Waals surface area contributed by atoms with Gasteiger partial charge in [-0.25, -0.2) is 4.98 Å². The van der Waals surface area contributed by atoms with E-state index in [0.29, 0.717) is 0 Å². The number of nitrogens with one attached hydrogen (secondary N) is 1. The van der Waals surface area contributed by atoms with Gasteiger partial charge < -0.3 is 10.2 Å². The molecule has 1 saturated heterocycles. The second-order valence-corrected chi connectivity index (χ2v) is 7.31. The smallest absolute Gasteiger partial charge is 0.185 e. The van der Waals surface area contributed by atoms with Crippen LogP contribution in [0.2, 0.25) is 0 Å². The molecule has 2 aliphatic rings. The van der Waals surface area contributed by atoms with Crippen molar-refractivity contribution >= 4 is 16.5 Å². The molecule has 0 spiro atoms. The molecule has 1 aromatic heterocycles. The number of hydrogen-bond donors (Lipinski definition) is 1. The van der Waals surface area contributed by atoms with Gasteiger partial charge in [-0.3, -0.25) is 0 Å². The predicted molar refractivity (Wildman–Crippen MR) is 86.7 cm³/mol. The fourth-order valence-corrected chi connectivity index (χ4v) is 4.33. The molecule has 1 aliphatic heterocycles. The molecule has 1 atom stereocenters. The van der Waals surface area contributed by atoms with Crippen molar-refractivity contribution in [1.82, 2.24) is 10.3 Å². The maximum atomic E-state index is 5.01. The first-order chi connectivity index (χ1) is 9.81. The van der Waals surface area contributed by atoms with Crippen molar-refractivity contribution in [2.75, 3.05) is 24.5 Å². The predicted octanol–water partition coefficient (Wildman–Crippen LogP) is 3.76. The molecular weight excluding hydrogens is 266 g/mol. The van der Waals surface area contributed by atoms with E-state index in [4.69, 9.17) is 4.98 Å². The molecule has 1 aliphatic carbocycles. The van der Waals surface area contributed by atoms with E-state index in [0.717, 1.165) is 24.9 Å². The molecule has 1 unspecified atom stereocenters. The summed E-state index contributed by atoms with van der Waals surface area (Å²) in [7, 11) is 0. The Labute approximate surface area is 126 Å². The quantitative estimate of drug-likeness (QED) is 0.829. The highest BCUT2D eigenvalue weighted by Gasteiger charge is 2.31. The van der Waals surface area contributed by atoms with Gasteiger partial charge in [0, 0.05) is 30.4 Å². The van der Waals surface area contributed by atoms with E-state index in [1.165, 1.54) is 60.9 Å². The average Bonchev–Trinajstić information content (AvgIpc) is 3.04. The van der Waals surface area contributed by atoms with Gasteiger partial charge in [-0.15, -0.1) is 11.3 Å². The van der Waals surface area contributed by atoms with Gasteiger partial charge >= 0.3 is 0 Å². The Hall–Kier alpha value is -0.610. The van der Waals surface area contributed by atoms with Gasteiger partial charge in [0.1, 0.15) is 0 Å². The summed E-state index contributed by atoms with van der Waals surface area (Å²) in [6.07, 6.45) is 6.74. The first kappa shape index (κ1) is 14.3. The maximum Gasteiger partial charge on any atom is 0.185 e. The van der Waals surface area contributed by atoms with Crippen LogP contribution in [0.4, 0.5) is 5.13 Å². The van der Waals surface area contributed by atoms with Gasteiger partial charge in [-0.1, -0.05) is 20.3 Å². The van der Waals surface area contributed by atoms with E-state index < -0.39 is 0 Å². The summed E-state index contributed by atoms with van der Waals surface area (Å²) in [5, 5.41) is 4.76. The van der Waals surface area contributed by atoms with E-state index in [1.807, 2.05) is 11.3 Å². The molecule has 1 N–H and O–H groups in total. The molecule has 112 valence electrons. The van der Waals surface area contributed by atoms with Crippen LogP contribution < -0.4 is 10.2 Å². The lowest BCUT2D eigenvalue weighted by atomic mass is 10.0. The van der Waals surface area contributed by atoms with Crippen LogP contribution in [-0.2, 0) is 6.54 Å². The Morgan fingerprint density at radius 1 is 1.30 bits per heavy atom. The SMILES string of the molecule is CCCC1CCN(c2nc(C3CC3)c(CNCC)s2)C1. The zero-order valence-corrected chi connectivity index (χ0v) is 13.6. The van der Waals surface area contributed by atoms with Crippen molar-refractivity contribution in [2.45, 2.75) is 58.4 Å². The van der Waals surface area contributed by atoms with Gasteiger partial charge in [0.25, 0.3) is 0 Å². The van der Waals surface area contributed by atoms with E-state index in [2.05, 4.69) is 24.1 Å². The Kier molecular flexibility index (Phi) is 4.61. The second kappa shape index (κ2) is 6.44. The first-order valence-corrected chi connectivity index (χ1v) is 9.08. The van der Waals surface area contributed by atoms with Crippen LogP contribution in [0, 0.1) is 5.92 Å². The van der Waals surface area contributed by atoms with E-state index >= 15 is 0 Å². The highest BCUT2D eigenvalue weighted by Crippen LogP contribution is 2.44. The molecule has 0 aromatic carbocycles. The molecule has 0 amide bonds. The lowest BCUT2D eigenvalue weighted by Gasteiger charge is -2.14. The molecule has 0 bridgehead atoms. The number of thiazole rings is 1. The van der Waals surface area contributed by atoms with Crippen LogP contribution in [0.5, 0.6) is 0 Å². The Balaban J connectivity index is 1.70. The number of aromatic nitrogens is 1. The van der Waals surface area contributed by atoms with Crippen molar-refractivity contribution in [1.29, 1.82) is 0 Å². The Morgan fingerprint density at radius 2 is 2.15 bits per heavy atom. The van der Waals surface area contributed by atoms with Crippen molar-refractivity contribution in [3.8, 4) is 0 Å². The number of hydrogen-bond acceptors (Lipinski definition) is 4. The van der Waals surface area contributed by atoms with Gasteiger partial charge in [0.2, 0.25) is 0 Å². The third-order valence-corrected chi connectivity index (χ3v) is 5.60. The van der Waals surface area contributed by atoms with Crippen LogP contribution in [0.1, 0.15) is 62.4 Å². The standard InChI is InChI=1S/C16H27N3S/c1-3-5-12-8-9-19(11-12)16-18-15(13-6-7-13)14(20-16)10-17-4-2/h12-13,17H,3-11H2,1-2H3. The largest absolute Gasteiger partial charge is 0.348 e. The Bertz CT molecular complexity index is 439. The Morgan fingerprint density at radius 3 is 2.85 bits per heavy atom. The topological polar surface area (TPSA) is 28.2 Å². The minimum absolute atomic E-state index is 0.766. The summed E-state index contributed by atoms with van der Waals surface area (Å²) in [5.74, 6) is 1.66. The molecular formula is C16H27N3S. The van der Waals surface area contributed by atoms with Gasteiger partial charge in [0.05, 0.1) is 5.69 Å². The van der Waals surface area contributed by atoms with Crippen molar-refractivity contribution < 1.29 is 0 Å². The third kappa shape index (κ3) is 3.17. The summed E-state index contributed by atoms with van der Waals surface area (Å²) in [6, 6.07) is 0. The molecule has 3 nitrogen and oxygen atoms in total. The monoisotopic (exact) mass is 293 g/mol. The van der Waals surface area contributed by atoms with Gasteiger partial charge in [-0.05, 0) is 38.1 Å². The first-order valence-electron chi connectivity index (χ1n) is 8.27. The summed E-state index contributed by atoms with van der Waals surface area (Å²) >= 11 is 1.94. The fourth-order valence-electron chi connectivity index (χ4n) is 3.18. The minimum Gasteiger partial charge on any atom is -0.348 e. The number of nitrogens with zero attached hydrogens (tertiary/aromatic N) is 2. The van der Waals surface area contributed by atoms with E-state index in [9.17, 15) is 0 Å². The molecule has 1 saturated carbocycles. The van der Waals surface area contributed by atoms with Crippen LogP contribution in [-0.4, -0.2) is 24.6 Å². The van der Waals surface area contributed by atoms with Crippen LogP contribution in [0.25, 0.3) is 0 Å². The number of anilines is 1. The summed E-state index contributed by atoms with van der Waals surface area (Å²) in [6.45, 7) is 8.96. The normalized spacial score (nSPS) is 22.7. The molecule has 2 fully saturated rings. The third-order valence-electron chi connectivity index (χ3n) is 4.47. The lowest BCUT2D eigenvalue weighted by Crippen LogP contribution is -2.19. The molecule has 3 rings (SSSR count). The lowest BCUT2D eigenvalue weighted by molar-refractivity contribution is 0.529. The molecule has 20 heavy (non-hydrogen) atoms. The minimum atomic E-state index is 0.766. The zero-order chi connectivity index (χ0) is 13.9. The second-order valence-electron chi connectivity index (χ2n) is 6.25. The average molecular weight is 293 g/mol. The van der Waals surface area contributed by atoms with Crippen LogP contribution in [0.15, 0.2) is 0 Å². The van der Waals surface area contributed by atoms with Crippen LogP contribution >= 0.6 is 11.3 Å². The maximum absolute atomic E-state index is 5.01. The molecule has 1 aromatic rings.